The van der Waals surface area contributed by atoms with E-state index in [1.54, 1.807) is 0 Å². The number of aliphatic hydroxyl groups is 1. The highest BCUT2D eigenvalue weighted by atomic mass is 79.9. The maximum absolute atomic E-state index is 10.2. The van der Waals surface area contributed by atoms with E-state index in [1.165, 1.54) is 0 Å². The largest absolute Gasteiger partial charge is 0.489 e. The first kappa shape index (κ1) is 11.9. The smallest absolute Gasteiger partial charge is 0.133 e. The first-order valence-electron chi connectivity index (χ1n) is 5.37. The Bertz CT molecular complexity index is 348. The summed E-state index contributed by atoms with van der Waals surface area (Å²) in [4.78, 5) is 0. The van der Waals surface area contributed by atoms with Gasteiger partial charge in [-0.15, -0.1) is 0 Å². The predicted octanol–water partition coefficient (Wildman–Crippen LogP) is 2.37. The Kier molecular flexibility index (Phi) is 3.84. The molecule has 1 saturated heterocycles. The van der Waals surface area contributed by atoms with Gasteiger partial charge in [-0.05, 0) is 28.1 Å². The fourth-order valence-electron chi connectivity index (χ4n) is 1.67. The van der Waals surface area contributed by atoms with E-state index in [1.807, 2.05) is 24.3 Å². The summed E-state index contributed by atoms with van der Waals surface area (Å²) in [5, 5.41) is 10.2. The van der Waals surface area contributed by atoms with Gasteiger partial charge >= 0.3 is 0 Å². The lowest BCUT2D eigenvalue weighted by Gasteiger charge is -2.31. The highest BCUT2D eigenvalue weighted by Gasteiger charge is 2.30. The van der Waals surface area contributed by atoms with Crippen molar-refractivity contribution in [3.63, 3.8) is 0 Å². The van der Waals surface area contributed by atoms with Crippen LogP contribution in [-0.4, -0.2) is 30.5 Å². The highest BCUT2D eigenvalue weighted by molar-refractivity contribution is 9.10. The Labute approximate surface area is 104 Å². The van der Waals surface area contributed by atoms with E-state index in [-0.39, 0.29) is 0 Å². The summed E-state index contributed by atoms with van der Waals surface area (Å²) in [6.07, 6.45) is 1.27. The van der Waals surface area contributed by atoms with Crippen molar-refractivity contribution in [1.29, 1.82) is 0 Å². The van der Waals surface area contributed by atoms with Gasteiger partial charge in [0.1, 0.15) is 18.0 Å². The molecule has 1 aromatic rings. The Balaban J connectivity index is 1.94. The van der Waals surface area contributed by atoms with Crippen LogP contribution in [0, 0.1) is 0 Å². The monoisotopic (exact) mass is 286 g/mol. The minimum Gasteiger partial charge on any atom is -0.489 e. The van der Waals surface area contributed by atoms with Crippen LogP contribution in [0.15, 0.2) is 28.7 Å². The van der Waals surface area contributed by atoms with Crippen LogP contribution in [0.3, 0.4) is 0 Å². The van der Waals surface area contributed by atoms with Crippen LogP contribution in [0.5, 0.6) is 5.75 Å². The molecule has 1 aromatic carbocycles. The standard InChI is InChI=1S/C12H15BrO3/c13-10-3-1-2-4-11(10)16-9-12(14)5-7-15-8-6-12/h1-4,14H,5-9H2. The normalized spacial score (nSPS) is 19.4. The third-order valence-electron chi connectivity index (χ3n) is 2.76. The molecular weight excluding hydrogens is 272 g/mol. The van der Waals surface area contributed by atoms with E-state index in [2.05, 4.69) is 15.9 Å². The van der Waals surface area contributed by atoms with E-state index < -0.39 is 5.60 Å². The summed E-state index contributed by atoms with van der Waals surface area (Å²) in [7, 11) is 0. The number of hydrogen-bond acceptors (Lipinski definition) is 3. The molecule has 1 heterocycles. The van der Waals surface area contributed by atoms with Crippen molar-refractivity contribution in [2.24, 2.45) is 0 Å². The molecule has 0 saturated carbocycles. The lowest BCUT2D eigenvalue weighted by molar-refractivity contribution is -0.0856. The van der Waals surface area contributed by atoms with Crippen molar-refractivity contribution >= 4 is 15.9 Å². The molecule has 0 atom stereocenters. The SMILES string of the molecule is OC1(COc2ccccc2Br)CCOCC1. The second-order valence-electron chi connectivity index (χ2n) is 4.06. The highest BCUT2D eigenvalue weighted by Crippen LogP contribution is 2.27. The molecule has 3 nitrogen and oxygen atoms in total. The Hall–Kier alpha value is -0.580. The molecule has 0 aliphatic carbocycles. The lowest BCUT2D eigenvalue weighted by atomic mass is 9.96. The van der Waals surface area contributed by atoms with Gasteiger partial charge in [0.05, 0.1) is 4.47 Å². The third kappa shape index (κ3) is 2.97. The lowest BCUT2D eigenvalue weighted by Crippen LogP contribution is -2.41. The number of halogens is 1. The summed E-state index contributed by atoms with van der Waals surface area (Å²) >= 11 is 3.41. The molecule has 2 rings (SSSR count). The van der Waals surface area contributed by atoms with Crippen LogP contribution >= 0.6 is 15.9 Å². The van der Waals surface area contributed by atoms with Gasteiger partial charge in [-0.25, -0.2) is 0 Å². The van der Waals surface area contributed by atoms with Crippen molar-refractivity contribution in [1.82, 2.24) is 0 Å². The molecule has 4 heteroatoms. The molecule has 1 aliphatic heterocycles. The van der Waals surface area contributed by atoms with Gasteiger partial charge < -0.3 is 14.6 Å². The first-order valence-corrected chi connectivity index (χ1v) is 6.16. The fourth-order valence-corrected chi connectivity index (χ4v) is 2.07. The van der Waals surface area contributed by atoms with Gasteiger partial charge in [0.2, 0.25) is 0 Å². The molecule has 0 aromatic heterocycles. The second-order valence-corrected chi connectivity index (χ2v) is 4.91. The second kappa shape index (κ2) is 5.17. The zero-order valence-electron chi connectivity index (χ0n) is 8.99. The molecule has 16 heavy (non-hydrogen) atoms. The minimum atomic E-state index is -0.743. The molecule has 1 N–H and O–H groups in total. The third-order valence-corrected chi connectivity index (χ3v) is 3.41. The van der Waals surface area contributed by atoms with E-state index in [9.17, 15) is 5.11 Å². The molecule has 0 bridgehead atoms. The maximum atomic E-state index is 10.2. The van der Waals surface area contributed by atoms with E-state index in [4.69, 9.17) is 9.47 Å². The molecule has 0 amide bonds. The first-order chi connectivity index (χ1) is 7.70. The van der Waals surface area contributed by atoms with Crippen molar-refractivity contribution in [2.45, 2.75) is 18.4 Å². The van der Waals surface area contributed by atoms with Gasteiger partial charge in [-0.3, -0.25) is 0 Å². The number of rotatable bonds is 3. The van der Waals surface area contributed by atoms with Crippen LogP contribution < -0.4 is 4.74 Å². The zero-order valence-corrected chi connectivity index (χ0v) is 10.6. The molecule has 0 spiro atoms. The van der Waals surface area contributed by atoms with Crippen LogP contribution in [0.2, 0.25) is 0 Å². The maximum Gasteiger partial charge on any atom is 0.133 e. The average Bonchev–Trinajstić information content (AvgIpc) is 2.29. The average molecular weight is 287 g/mol. The topological polar surface area (TPSA) is 38.7 Å². The van der Waals surface area contributed by atoms with Gasteiger partial charge in [-0.1, -0.05) is 12.1 Å². The van der Waals surface area contributed by atoms with Gasteiger partial charge in [0.15, 0.2) is 0 Å². The van der Waals surface area contributed by atoms with Gasteiger partial charge in [0, 0.05) is 26.1 Å². The minimum absolute atomic E-state index is 0.318. The molecule has 0 radical (unpaired) electrons. The van der Waals surface area contributed by atoms with Crippen molar-refractivity contribution in [3.8, 4) is 5.75 Å². The van der Waals surface area contributed by atoms with Crippen molar-refractivity contribution in [2.75, 3.05) is 19.8 Å². The molecular formula is C12H15BrO3. The Morgan fingerprint density at radius 3 is 2.69 bits per heavy atom. The summed E-state index contributed by atoms with van der Waals surface area (Å²) in [5.41, 5.74) is -0.743. The van der Waals surface area contributed by atoms with Gasteiger partial charge in [0.25, 0.3) is 0 Å². The summed E-state index contributed by atoms with van der Waals surface area (Å²) in [5.74, 6) is 0.766. The number of ether oxygens (including phenoxy) is 2. The molecule has 1 aliphatic rings. The predicted molar refractivity (Wildman–Crippen MR) is 64.6 cm³/mol. The fraction of sp³-hybridized carbons (Fsp3) is 0.500. The zero-order chi connectivity index (χ0) is 11.4. The van der Waals surface area contributed by atoms with E-state index in [0.717, 1.165) is 10.2 Å². The molecule has 0 unspecified atom stereocenters. The summed E-state index contributed by atoms with van der Waals surface area (Å²) in [6.45, 7) is 1.53. The summed E-state index contributed by atoms with van der Waals surface area (Å²) in [6, 6.07) is 7.64. The van der Waals surface area contributed by atoms with Crippen LogP contribution in [0.4, 0.5) is 0 Å². The quantitative estimate of drug-likeness (QED) is 0.927. The number of benzene rings is 1. The summed E-state index contributed by atoms with van der Waals surface area (Å²) < 4.78 is 11.8. The Morgan fingerprint density at radius 1 is 1.31 bits per heavy atom. The van der Waals surface area contributed by atoms with Crippen LogP contribution in [-0.2, 0) is 4.74 Å². The van der Waals surface area contributed by atoms with E-state index in [0.29, 0.717) is 32.7 Å². The van der Waals surface area contributed by atoms with Crippen molar-refractivity contribution in [3.05, 3.63) is 28.7 Å². The number of hydrogen-bond donors (Lipinski definition) is 1. The van der Waals surface area contributed by atoms with Crippen molar-refractivity contribution < 1.29 is 14.6 Å². The molecule has 88 valence electrons. The van der Waals surface area contributed by atoms with E-state index >= 15 is 0 Å². The van der Waals surface area contributed by atoms with Crippen LogP contribution in [0.25, 0.3) is 0 Å². The Morgan fingerprint density at radius 2 is 2.00 bits per heavy atom. The number of para-hydroxylation sites is 1. The van der Waals surface area contributed by atoms with Gasteiger partial charge in [-0.2, -0.15) is 0 Å². The molecule has 1 fully saturated rings. The van der Waals surface area contributed by atoms with Crippen LogP contribution in [0.1, 0.15) is 12.8 Å².